The normalized spacial score (nSPS) is 24.7. The molecule has 1 aliphatic carbocycles. The first-order valence-electron chi connectivity index (χ1n) is 8.75. The number of nitrogens with one attached hydrogen (secondary N) is 1. The quantitative estimate of drug-likeness (QED) is 0.887. The Labute approximate surface area is 144 Å². The Bertz CT molecular complexity index is 823. The molecule has 0 aromatic carbocycles. The van der Waals surface area contributed by atoms with Gasteiger partial charge in [-0.2, -0.15) is 0 Å². The molecular formula is C17H19N5O3. The average molecular weight is 341 g/mol. The van der Waals surface area contributed by atoms with Gasteiger partial charge >= 0.3 is 0 Å². The molecule has 0 radical (unpaired) electrons. The molecule has 130 valence electrons. The lowest BCUT2D eigenvalue weighted by Gasteiger charge is -2.25. The number of hydrogen-bond acceptors (Lipinski definition) is 5. The third kappa shape index (κ3) is 2.52. The number of carbonyl (C=O) groups is 2. The summed E-state index contributed by atoms with van der Waals surface area (Å²) in [4.78, 5) is 26.7. The van der Waals surface area contributed by atoms with E-state index in [-0.39, 0.29) is 11.8 Å². The maximum absolute atomic E-state index is 12.5. The Morgan fingerprint density at radius 1 is 1.16 bits per heavy atom. The van der Waals surface area contributed by atoms with Gasteiger partial charge in [0.15, 0.2) is 5.76 Å². The number of carbonyl (C=O) groups excluding carboxylic acids is 2. The Hall–Kier alpha value is -2.64. The topological polar surface area (TPSA) is 93.3 Å². The van der Waals surface area contributed by atoms with E-state index in [1.165, 1.54) is 6.26 Å². The fraction of sp³-hybridized carbons (Fsp3) is 0.529. The van der Waals surface area contributed by atoms with Crippen LogP contribution in [0.25, 0.3) is 0 Å². The number of rotatable bonds is 3. The van der Waals surface area contributed by atoms with Crippen molar-refractivity contribution in [1.29, 1.82) is 0 Å². The number of fused-ring (bicyclic) bond motifs is 2. The fourth-order valence-electron chi connectivity index (χ4n) is 3.89. The molecule has 2 amide bonds. The van der Waals surface area contributed by atoms with E-state index < -0.39 is 0 Å². The molecule has 5 rings (SSSR count). The van der Waals surface area contributed by atoms with E-state index in [1.807, 2.05) is 9.47 Å². The van der Waals surface area contributed by atoms with Crippen molar-refractivity contribution in [2.75, 3.05) is 13.1 Å². The van der Waals surface area contributed by atoms with Gasteiger partial charge in [-0.05, 0) is 36.8 Å². The Balaban J connectivity index is 1.32. The fourth-order valence-corrected chi connectivity index (χ4v) is 3.89. The number of amides is 2. The smallest absolute Gasteiger partial charge is 0.289 e. The van der Waals surface area contributed by atoms with Crippen LogP contribution in [-0.4, -0.2) is 50.6 Å². The predicted octanol–water partition coefficient (Wildman–Crippen LogP) is 0.708. The first-order valence-corrected chi connectivity index (χ1v) is 8.75. The third-order valence-electron chi connectivity index (χ3n) is 5.40. The molecule has 0 spiro atoms. The van der Waals surface area contributed by atoms with Crippen molar-refractivity contribution < 1.29 is 14.0 Å². The molecule has 1 N–H and O–H groups in total. The summed E-state index contributed by atoms with van der Waals surface area (Å²) in [6.45, 7) is 2.05. The van der Waals surface area contributed by atoms with Gasteiger partial charge in [0.25, 0.3) is 11.8 Å². The van der Waals surface area contributed by atoms with Crippen molar-refractivity contribution in [2.24, 2.45) is 11.8 Å². The standard InChI is InChI=1S/C17H19N5O3/c23-16(18-12-3-4-12)15-20-19-14-6-10-7-21(8-11(10)9-22(14)15)17(24)13-2-1-5-25-13/h1-2,5,10-12H,3-4,6-9H2,(H,18,23)/t10-,11-/m0/s1. The molecule has 4 heterocycles. The maximum atomic E-state index is 12.5. The molecule has 2 aliphatic heterocycles. The van der Waals surface area contributed by atoms with Crippen LogP contribution >= 0.6 is 0 Å². The minimum atomic E-state index is -0.138. The van der Waals surface area contributed by atoms with Crippen molar-refractivity contribution in [3.05, 3.63) is 35.8 Å². The molecular weight excluding hydrogens is 322 g/mol. The largest absolute Gasteiger partial charge is 0.459 e. The zero-order valence-electron chi connectivity index (χ0n) is 13.7. The molecule has 1 saturated carbocycles. The second-order valence-electron chi connectivity index (χ2n) is 7.21. The van der Waals surface area contributed by atoms with Crippen LogP contribution in [0.15, 0.2) is 22.8 Å². The highest BCUT2D eigenvalue weighted by molar-refractivity contribution is 5.92. The monoisotopic (exact) mass is 341 g/mol. The van der Waals surface area contributed by atoms with E-state index in [0.717, 1.165) is 25.1 Å². The van der Waals surface area contributed by atoms with E-state index in [1.54, 1.807) is 12.1 Å². The minimum Gasteiger partial charge on any atom is -0.459 e. The van der Waals surface area contributed by atoms with Gasteiger partial charge in [-0.25, -0.2) is 0 Å². The first-order chi connectivity index (χ1) is 12.2. The Kier molecular flexibility index (Phi) is 3.19. The van der Waals surface area contributed by atoms with E-state index in [9.17, 15) is 9.59 Å². The molecule has 2 atom stereocenters. The number of likely N-dealkylation sites (tertiary alicyclic amines) is 1. The lowest BCUT2D eigenvalue weighted by molar-refractivity contribution is 0.0751. The van der Waals surface area contributed by atoms with Crippen molar-refractivity contribution in [1.82, 2.24) is 25.0 Å². The van der Waals surface area contributed by atoms with Gasteiger partial charge < -0.3 is 19.2 Å². The van der Waals surface area contributed by atoms with Crippen molar-refractivity contribution >= 4 is 11.8 Å². The van der Waals surface area contributed by atoms with Crippen molar-refractivity contribution in [3.63, 3.8) is 0 Å². The average Bonchev–Trinajstić information content (AvgIpc) is 3.06. The van der Waals surface area contributed by atoms with Crippen LogP contribution in [-0.2, 0) is 13.0 Å². The highest BCUT2D eigenvalue weighted by atomic mass is 16.3. The minimum absolute atomic E-state index is 0.0677. The van der Waals surface area contributed by atoms with Gasteiger partial charge in [0.2, 0.25) is 5.82 Å². The van der Waals surface area contributed by atoms with Gasteiger partial charge in [0.05, 0.1) is 6.26 Å². The molecule has 25 heavy (non-hydrogen) atoms. The molecule has 0 bridgehead atoms. The van der Waals surface area contributed by atoms with Gasteiger partial charge in [-0.3, -0.25) is 9.59 Å². The maximum Gasteiger partial charge on any atom is 0.289 e. The van der Waals surface area contributed by atoms with Crippen LogP contribution in [0.2, 0.25) is 0 Å². The molecule has 3 aliphatic rings. The van der Waals surface area contributed by atoms with Gasteiger partial charge in [-0.15, -0.1) is 10.2 Å². The summed E-state index contributed by atoms with van der Waals surface area (Å²) in [5.74, 6) is 2.08. The SMILES string of the molecule is O=C(NC1CC1)c1nnc2n1C[C@@H]1CN(C(=O)c3ccco3)C[C@@H]1C2. The van der Waals surface area contributed by atoms with Crippen LogP contribution in [0.4, 0.5) is 0 Å². The zero-order valence-corrected chi connectivity index (χ0v) is 13.7. The molecule has 8 nitrogen and oxygen atoms in total. The van der Waals surface area contributed by atoms with Crippen LogP contribution in [0.5, 0.6) is 0 Å². The van der Waals surface area contributed by atoms with E-state index in [0.29, 0.717) is 49.1 Å². The lowest BCUT2D eigenvalue weighted by atomic mass is 9.89. The number of furan rings is 1. The highest BCUT2D eigenvalue weighted by Gasteiger charge is 2.41. The summed E-state index contributed by atoms with van der Waals surface area (Å²) in [7, 11) is 0. The molecule has 8 heteroatoms. The molecule has 2 aromatic rings. The van der Waals surface area contributed by atoms with Crippen LogP contribution in [0, 0.1) is 11.8 Å². The zero-order chi connectivity index (χ0) is 17.0. The summed E-state index contributed by atoms with van der Waals surface area (Å²) in [5, 5.41) is 11.3. The van der Waals surface area contributed by atoms with Gasteiger partial charge in [0, 0.05) is 32.1 Å². The van der Waals surface area contributed by atoms with Crippen LogP contribution in [0.1, 0.15) is 39.8 Å². The second kappa shape index (κ2) is 5.44. The molecule has 0 unspecified atom stereocenters. The summed E-state index contributed by atoms with van der Waals surface area (Å²) in [6.07, 6.45) is 4.35. The highest BCUT2D eigenvalue weighted by Crippen LogP contribution is 2.33. The van der Waals surface area contributed by atoms with Crippen LogP contribution in [0.3, 0.4) is 0 Å². The van der Waals surface area contributed by atoms with Gasteiger partial charge in [0.1, 0.15) is 5.82 Å². The van der Waals surface area contributed by atoms with Crippen LogP contribution < -0.4 is 5.32 Å². The predicted molar refractivity (Wildman–Crippen MR) is 85.8 cm³/mol. The second-order valence-corrected chi connectivity index (χ2v) is 7.21. The number of nitrogens with zero attached hydrogens (tertiary/aromatic N) is 4. The summed E-state index contributed by atoms with van der Waals surface area (Å²) in [5.41, 5.74) is 0. The summed E-state index contributed by atoms with van der Waals surface area (Å²) < 4.78 is 7.16. The van der Waals surface area contributed by atoms with E-state index >= 15 is 0 Å². The number of aromatic nitrogens is 3. The Morgan fingerprint density at radius 3 is 2.76 bits per heavy atom. The molecule has 2 aromatic heterocycles. The van der Waals surface area contributed by atoms with Crippen molar-refractivity contribution in [3.8, 4) is 0 Å². The van der Waals surface area contributed by atoms with Gasteiger partial charge in [-0.1, -0.05) is 0 Å². The third-order valence-corrected chi connectivity index (χ3v) is 5.40. The Morgan fingerprint density at radius 2 is 2.00 bits per heavy atom. The molecule has 2 fully saturated rings. The van der Waals surface area contributed by atoms with Crippen molar-refractivity contribution in [2.45, 2.75) is 31.8 Å². The lowest BCUT2D eigenvalue weighted by Crippen LogP contribution is -2.33. The van der Waals surface area contributed by atoms with E-state index in [4.69, 9.17) is 4.42 Å². The summed E-state index contributed by atoms with van der Waals surface area (Å²) >= 11 is 0. The first kappa shape index (κ1) is 14.7. The van der Waals surface area contributed by atoms with E-state index in [2.05, 4.69) is 15.5 Å². The summed E-state index contributed by atoms with van der Waals surface area (Å²) in [6, 6.07) is 3.71. The number of hydrogen-bond donors (Lipinski definition) is 1. The molecule has 1 saturated heterocycles.